The minimum atomic E-state index is -0.0222. The Morgan fingerprint density at radius 3 is 2.78 bits per heavy atom. The lowest BCUT2D eigenvalue weighted by Crippen LogP contribution is -2.22. The number of rotatable bonds is 4. The monoisotopic (exact) mass is 246 g/mol. The summed E-state index contributed by atoms with van der Waals surface area (Å²) in [5.41, 5.74) is 9.23. The van der Waals surface area contributed by atoms with Gasteiger partial charge in [0.05, 0.1) is 0 Å². The molecular weight excluding hydrogens is 224 g/mol. The molecule has 3 nitrogen and oxygen atoms in total. The van der Waals surface area contributed by atoms with Crippen molar-refractivity contribution in [2.45, 2.75) is 39.0 Å². The molecule has 0 fully saturated rings. The summed E-state index contributed by atoms with van der Waals surface area (Å²) in [6.07, 6.45) is 5.58. The Morgan fingerprint density at radius 1 is 1.33 bits per heavy atom. The van der Waals surface area contributed by atoms with Gasteiger partial charge >= 0.3 is 0 Å². The normalized spacial score (nSPS) is 15.9. The van der Waals surface area contributed by atoms with Crippen molar-refractivity contribution in [1.29, 1.82) is 0 Å². The number of aryl methyl sites for hydroxylation is 2. The van der Waals surface area contributed by atoms with Gasteiger partial charge in [0, 0.05) is 11.6 Å². The van der Waals surface area contributed by atoms with E-state index in [1.54, 1.807) is 0 Å². The number of hydrogen-bond donors (Lipinski definition) is 2. The fraction of sp³-hybridized carbons (Fsp3) is 0.533. The second-order valence-corrected chi connectivity index (χ2v) is 5.16. The highest BCUT2D eigenvalue weighted by Crippen LogP contribution is 2.24. The maximum Gasteiger partial charge on any atom is 0.227 e. The number of anilines is 1. The van der Waals surface area contributed by atoms with Crippen molar-refractivity contribution in [3.05, 3.63) is 29.3 Å². The first kappa shape index (κ1) is 13.1. The van der Waals surface area contributed by atoms with Crippen LogP contribution in [0.3, 0.4) is 0 Å². The number of fused-ring (bicyclic) bond motifs is 1. The highest BCUT2D eigenvalue weighted by Gasteiger charge is 2.14. The predicted octanol–water partition coefficient (Wildman–Crippen LogP) is 2.49. The molecule has 98 valence electrons. The summed E-state index contributed by atoms with van der Waals surface area (Å²) in [6, 6.07) is 6.29. The Kier molecular flexibility index (Phi) is 4.37. The molecule has 18 heavy (non-hydrogen) atoms. The van der Waals surface area contributed by atoms with E-state index in [2.05, 4.69) is 17.4 Å². The number of nitrogens with two attached hydrogens (primary N) is 1. The maximum atomic E-state index is 11.9. The van der Waals surface area contributed by atoms with Gasteiger partial charge < -0.3 is 11.1 Å². The molecule has 0 bridgehead atoms. The molecule has 0 heterocycles. The van der Waals surface area contributed by atoms with Crippen molar-refractivity contribution in [1.82, 2.24) is 0 Å². The van der Waals surface area contributed by atoms with E-state index in [1.807, 2.05) is 13.0 Å². The number of nitrogens with one attached hydrogen (secondary N) is 1. The van der Waals surface area contributed by atoms with Crippen LogP contribution in [-0.2, 0) is 17.6 Å². The molecule has 1 aliphatic carbocycles. The van der Waals surface area contributed by atoms with Gasteiger partial charge in [-0.1, -0.05) is 13.0 Å². The van der Waals surface area contributed by atoms with Gasteiger partial charge in [-0.2, -0.15) is 0 Å². The van der Waals surface area contributed by atoms with Gasteiger partial charge in [0.1, 0.15) is 0 Å². The van der Waals surface area contributed by atoms with E-state index in [0.717, 1.165) is 18.5 Å². The molecule has 0 aromatic heterocycles. The van der Waals surface area contributed by atoms with Gasteiger partial charge in [0.15, 0.2) is 0 Å². The number of carbonyl (C=O) groups is 1. The minimum Gasteiger partial charge on any atom is -0.330 e. The van der Waals surface area contributed by atoms with Crippen LogP contribution in [0.4, 0.5) is 5.69 Å². The van der Waals surface area contributed by atoms with Crippen molar-refractivity contribution in [3.63, 3.8) is 0 Å². The van der Waals surface area contributed by atoms with Gasteiger partial charge in [-0.05, 0) is 61.9 Å². The first-order valence-electron chi connectivity index (χ1n) is 6.83. The molecule has 1 aromatic rings. The standard InChI is InChI=1S/C15H22N2O/c1-11(8-9-16)15(18)17-14-7-6-12-4-2-3-5-13(12)10-14/h6-7,10-11H,2-5,8-9,16H2,1H3,(H,17,18). The lowest BCUT2D eigenvalue weighted by molar-refractivity contribution is -0.119. The Morgan fingerprint density at radius 2 is 2.06 bits per heavy atom. The molecular formula is C15H22N2O. The number of benzene rings is 1. The van der Waals surface area contributed by atoms with E-state index >= 15 is 0 Å². The van der Waals surface area contributed by atoms with Crippen LogP contribution in [0.5, 0.6) is 0 Å². The molecule has 0 spiro atoms. The van der Waals surface area contributed by atoms with Crippen LogP contribution < -0.4 is 11.1 Å². The largest absolute Gasteiger partial charge is 0.330 e. The Hall–Kier alpha value is -1.35. The molecule has 1 unspecified atom stereocenters. The summed E-state index contributed by atoms with van der Waals surface area (Å²) < 4.78 is 0. The molecule has 0 radical (unpaired) electrons. The van der Waals surface area contributed by atoms with Crippen LogP contribution >= 0.6 is 0 Å². The highest BCUT2D eigenvalue weighted by molar-refractivity contribution is 5.92. The minimum absolute atomic E-state index is 0.0222. The topological polar surface area (TPSA) is 55.1 Å². The van der Waals surface area contributed by atoms with Crippen LogP contribution in [0, 0.1) is 5.92 Å². The molecule has 1 atom stereocenters. The Bertz CT molecular complexity index is 429. The van der Waals surface area contributed by atoms with Gasteiger partial charge in [-0.25, -0.2) is 0 Å². The molecule has 1 aliphatic rings. The number of amides is 1. The van der Waals surface area contributed by atoms with Crippen LogP contribution in [0.15, 0.2) is 18.2 Å². The summed E-state index contributed by atoms with van der Waals surface area (Å²) in [6.45, 7) is 2.47. The summed E-state index contributed by atoms with van der Waals surface area (Å²) in [5, 5.41) is 2.98. The van der Waals surface area contributed by atoms with Crippen LogP contribution in [0.1, 0.15) is 37.3 Å². The summed E-state index contributed by atoms with van der Waals surface area (Å²) >= 11 is 0. The molecule has 2 rings (SSSR count). The lowest BCUT2D eigenvalue weighted by atomic mass is 9.91. The van der Waals surface area contributed by atoms with Crippen molar-refractivity contribution < 1.29 is 4.79 Å². The lowest BCUT2D eigenvalue weighted by Gasteiger charge is -2.17. The second-order valence-electron chi connectivity index (χ2n) is 5.16. The molecule has 0 saturated carbocycles. The first-order chi connectivity index (χ1) is 8.70. The zero-order chi connectivity index (χ0) is 13.0. The highest BCUT2D eigenvalue weighted by atomic mass is 16.1. The molecule has 0 aliphatic heterocycles. The first-order valence-corrected chi connectivity index (χ1v) is 6.83. The number of carbonyl (C=O) groups excluding carboxylic acids is 1. The van der Waals surface area contributed by atoms with E-state index in [0.29, 0.717) is 6.54 Å². The predicted molar refractivity (Wildman–Crippen MR) is 74.5 cm³/mol. The average Bonchev–Trinajstić information content (AvgIpc) is 2.39. The molecule has 3 N–H and O–H groups in total. The summed E-state index contributed by atoms with van der Waals surface area (Å²) in [7, 11) is 0. The van der Waals surface area contributed by atoms with Gasteiger partial charge in [-0.15, -0.1) is 0 Å². The fourth-order valence-corrected chi connectivity index (χ4v) is 2.46. The zero-order valence-corrected chi connectivity index (χ0v) is 11.0. The van der Waals surface area contributed by atoms with Gasteiger partial charge in [0.2, 0.25) is 5.91 Å². The second kappa shape index (κ2) is 6.01. The molecule has 0 saturated heterocycles. The average molecular weight is 246 g/mol. The number of hydrogen-bond acceptors (Lipinski definition) is 2. The van der Waals surface area contributed by atoms with E-state index in [4.69, 9.17) is 5.73 Å². The quantitative estimate of drug-likeness (QED) is 0.857. The Labute approximate surface area is 109 Å². The van der Waals surface area contributed by atoms with Crippen molar-refractivity contribution >= 4 is 11.6 Å². The fourth-order valence-electron chi connectivity index (χ4n) is 2.46. The molecule has 1 amide bonds. The SMILES string of the molecule is CC(CCN)C(=O)Nc1ccc2c(c1)CCCC2. The molecule has 3 heteroatoms. The van der Waals surface area contributed by atoms with Crippen LogP contribution in [0.25, 0.3) is 0 Å². The summed E-state index contributed by atoms with van der Waals surface area (Å²) in [4.78, 5) is 11.9. The van der Waals surface area contributed by atoms with E-state index in [-0.39, 0.29) is 11.8 Å². The van der Waals surface area contributed by atoms with E-state index in [9.17, 15) is 4.79 Å². The Balaban J connectivity index is 2.03. The van der Waals surface area contributed by atoms with Gasteiger partial charge in [-0.3, -0.25) is 4.79 Å². The molecule has 1 aromatic carbocycles. The third-order valence-electron chi connectivity index (χ3n) is 3.66. The van der Waals surface area contributed by atoms with E-state index in [1.165, 1.54) is 30.4 Å². The zero-order valence-electron chi connectivity index (χ0n) is 11.0. The van der Waals surface area contributed by atoms with E-state index < -0.39 is 0 Å². The van der Waals surface area contributed by atoms with Crippen LogP contribution in [0.2, 0.25) is 0 Å². The third kappa shape index (κ3) is 3.10. The van der Waals surface area contributed by atoms with Crippen molar-refractivity contribution in [3.8, 4) is 0 Å². The third-order valence-corrected chi connectivity index (χ3v) is 3.66. The van der Waals surface area contributed by atoms with Crippen molar-refractivity contribution in [2.75, 3.05) is 11.9 Å². The van der Waals surface area contributed by atoms with Crippen LogP contribution in [-0.4, -0.2) is 12.5 Å². The maximum absolute atomic E-state index is 11.9. The summed E-state index contributed by atoms with van der Waals surface area (Å²) in [5.74, 6) is 0.0437. The smallest absolute Gasteiger partial charge is 0.227 e. The van der Waals surface area contributed by atoms with Crippen molar-refractivity contribution in [2.24, 2.45) is 11.7 Å². The van der Waals surface area contributed by atoms with Gasteiger partial charge in [0.25, 0.3) is 0 Å².